The van der Waals surface area contributed by atoms with Gasteiger partial charge in [-0.1, -0.05) is 6.07 Å². The molecule has 0 atom stereocenters. The monoisotopic (exact) mass is 277 g/mol. The first-order chi connectivity index (χ1) is 9.63. The zero-order chi connectivity index (χ0) is 14.5. The van der Waals surface area contributed by atoms with Gasteiger partial charge in [0.15, 0.2) is 5.75 Å². The summed E-state index contributed by atoms with van der Waals surface area (Å²) in [4.78, 5) is 25.2. The molecule has 0 fully saturated rings. The fourth-order valence-electron chi connectivity index (χ4n) is 2.04. The number of amides is 2. The molecule has 1 aromatic rings. The molecule has 2 rings (SSSR count). The number of carbonyl (C=O) groups excluding carboxylic acids is 2. The van der Waals surface area contributed by atoms with Gasteiger partial charge in [-0.05, 0) is 12.1 Å². The number of para-hydroxylation sites is 1. The normalized spacial score (nSPS) is 12.7. The van der Waals surface area contributed by atoms with Crippen LogP contribution in [0, 0.1) is 0 Å². The summed E-state index contributed by atoms with van der Waals surface area (Å²) in [5.74, 6) is 0.364. The molecule has 0 aliphatic carbocycles. The van der Waals surface area contributed by atoms with Crippen molar-refractivity contribution in [2.45, 2.75) is 6.42 Å². The van der Waals surface area contributed by atoms with Crippen molar-refractivity contribution in [3.05, 3.63) is 23.8 Å². The van der Waals surface area contributed by atoms with Gasteiger partial charge in [0, 0.05) is 33.6 Å². The van der Waals surface area contributed by atoms with Crippen molar-refractivity contribution in [3.63, 3.8) is 0 Å². The number of fused-ring (bicyclic) bond motifs is 1. The highest BCUT2D eigenvalue weighted by Crippen LogP contribution is 2.31. The van der Waals surface area contributed by atoms with Gasteiger partial charge >= 0.3 is 0 Å². The number of hydrogen-bond acceptors (Lipinski definition) is 4. The molecule has 0 saturated heterocycles. The lowest BCUT2D eigenvalue weighted by atomic mass is 10.1. The maximum atomic E-state index is 12.4. The molecule has 2 amide bonds. The Labute approximate surface area is 118 Å². The third-order valence-electron chi connectivity index (χ3n) is 3.21. The van der Waals surface area contributed by atoms with Gasteiger partial charge in [0.25, 0.3) is 5.91 Å². The molecular formula is C14H19N3O3. The lowest BCUT2D eigenvalue weighted by Gasteiger charge is -2.23. The van der Waals surface area contributed by atoms with Crippen molar-refractivity contribution in [1.82, 2.24) is 10.2 Å². The zero-order valence-corrected chi connectivity index (χ0v) is 11.7. The van der Waals surface area contributed by atoms with Gasteiger partial charge in [0.1, 0.15) is 6.61 Å². The summed E-state index contributed by atoms with van der Waals surface area (Å²) in [6.45, 7) is 1.64. The molecule has 0 aromatic heterocycles. The number of nitrogens with one attached hydrogen (secondary N) is 2. The molecule has 0 saturated carbocycles. The SMILES string of the molecule is CNC(=O)CCN(C)C(=O)c1cccc2c1OCCN2. The van der Waals surface area contributed by atoms with E-state index in [2.05, 4.69) is 10.6 Å². The summed E-state index contributed by atoms with van der Waals surface area (Å²) in [5.41, 5.74) is 1.36. The average molecular weight is 277 g/mol. The number of rotatable bonds is 4. The van der Waals surface area contributed by atoms with Crippen molar-refractivity contribution >= 4 is 17.5 Å². The van der Waals surface area contributed by atoms with Crippen molar-refractivity contribution in [2.24, 2.45) is 0 Å². The third-order valence-corrected chi connectivity index (χ3v) is 3.21. The smallest absolute Gasteiger partial charge is 0.257 e. The predicted molar refractivity (Wildman–Crippen MR) is 76.1 cm³/mol. The molecule has 108 valence electrons. The lowest BCUT2D eigenvalue weighted by molar-refractivity contribution is -0.120. The highest BCUT2D eigenvalue weighted by atomic mass is 16.5. The molecule has 0 bridgehead atoms. The van der Waals surface area contributed by atoms with Crippen molar-refractivity contribution in [2.75, 3.05) is 39.1 Å². The van der Waals surface area contributed by atoms with Crippen LogP contribution in [-0.2, 0) is 4.79 Å². The summed E-state index contributed by atoms with van der Waals surface area (Å²) in [5, 5.41) is 5.73. The Morgan fingerprint density at radius 1 is 1.45 bits per heavy atom. The number of benzene rings is 1. The summed E-state index contributed by atoms with van der Waals surface area (Å²) >= 11 is 0. The van der Waals surface area contributed by atoms with Crippen LogP contribution in [0.3, 0.4) is 0 Å². The van der Waals surface area contributed by atoms with E-state index in [0.29, 0.717) is 24.5 Å². The zero-order valence-electron chi connectivity index (χ0n) is 11.7. The van der Waals surface area contributed by atoms with E-state index in [1.807, 2.05) is 12.1 Å². The Balaban J connectivity index is 2.11. The summed E-state index contributed by atoms with van der Waals surface area (Å²) < 4.78 is 5.58. The second-order valence-electron chi connectivity index (χ2n) is 4.61. The average Bonchev–Trinajstić information content (AvgIpc) is 2.50. The molecule has 6 heteroatoms. The number of ether oxygens (including phenoxy) is 1. The second-order valence-corrected chi connectivity index (χ2v) is 4.61. The standard InChI is InChI=1S/C14H19N3O3/c1-15-12(18)6-8-17(2)14(19)10-4-3-5-11-13(10)20-9-7-16-11/h3-5,16H,6-9H2,1-2H3,(H,15,18). The number of hydrogen-bond donors (Lipinski definition) is 2. The minimum atomic E-state index is -0.144. The molecular weight excluding hydrogens is 258 g/mol. The molecule has 0 spiro atoms. The van der Waals surface area contributed by atoms with Gasteiger partial charge in [0.2, 0.25) is 5.91 Å². The maximum absolute atomic E-state index is 12.4. The van der Waals surface area contributed by atoms with Crippen LogP contribution in [0.2, 0.25) is 0 Å². The summed E-state index contributed by atoms with van der Waals surface area (Å²) in [6.07, 6.45) is 0.285. The van der Waals surface area contributed by atoms with E-state index in [0.717, 1.165) is 12.2 Å². The molecule has 0 radical (unpaired) electrons. The van der Waals surface area contributed by atoms with E-state index in [-0.39, 0.29) is 18.2 Å². The summed E-state index contributed by atoms with van der Waals surface area (Å²) in [7, 11) is 3.26. The van der Waals surface area contributed by atoms with Gasteiger partial charge in [-0.15, -0.1) is 0 Å². The molecule has 1 aliphatic rings. The molecule has 20 heavy (non-hydrogen) atoms. The minimum Gasteiger partial charge on any atom is -0.489 e. The second kappa shape index (κ2) is 6.27. The van der Waals surface area contributed by atoms with Crippen LogP contribution in [0.15, 0.2) is 18.2 Å². The molecule has 0 unspecified atom stereocenters. The number of carbonyl (C=O) groups is 2. The third kappa shape index (κ3) is 3.01. The van der Waals surface area contributed by atoms with Crippen molar-refractivity contribution < 1.29 is 14.3 Å². The van der Waals surface area contributed by atoms with Crippen LogP contribution < -0.4 is 15.4 Å². The first-order valence-electron chi connectivity index (χ1n) is 6.59. The number of anilines is 1. The van der Waals surface area contributed by atoms with E-state index >= 15 is 0 Å². The Morgan fingerprint density at radius 2 is 2.25 bits per heavy atom. The van der Waals surface area contributed by atoms with E-state index in [1.165, 1.54) is 4.90 Å². The summed E-state index contributed by atoms with van der Waals surface area (Å²) in [6, 6.07) is 5.45. The van der Waals surface area contributed by atoms with Gasteiger partial charge in [-0.2, -0.15) is 0 Å². The van der Waals surface area contributed by atoms with Crippen LogP contribution in [-0.4, -0.2) is 50.5 Å². The van der Waals surface area contributed by atoms with Crippen LogP contribution in [0.25, 0.3) is 0 Å². The van der Waals surface area contributed by atoms with Crippen LogP contribution >= 0.6 is 0 Å². The van der Waals surface area contributed by atoms with Crippen LogP contribution in [0.5, 0.6) is 5.75 Å². The molecule has 1 heterocycles. The highest BCUT2D eigenvalue weighted by molar-refractivity contribution is 5.99. The quantitative estimate of drug-likeness (QED) is 0.850. The first-order valence-corrected chi connectivity index (χ1v) is 6.59. The molecule has 1 aromatic carbocycles. The molecule has 2 N–H and O–H groups in total. The fraction of sp³-hybridized carbons (Fsp3) is 0.429. The topological polar surface area (TPSA) is 70.7 Å². The highest BCUT2D eigenvalue weighted by Gasteiger charge is 2.21. The maximum Gasteiger partial charge on any atom is 0.257 e. The Morgan fingerprint density at radius 3 is 3.00 bits per heavy atom. The Hall–Kier alpha value is -2.24. The Bertz CT molecular complexity index is 516. The van der Waals surface area contributed by atoms with Crippen LogP contribution in [0.4, 0.5) is 5.69 Å². The van der Waals surface area contributed by atoms with E-state index in [9.17, 15) is 9.59 Å². The largest absolute Gasteiger partial charge is 0.489 e. The van der Waals surface area contributed by atoms with Gasteiger partial charge in [-0.3, -0.25) is 9.59 Å². The fourth-order valence-corrected chi connectivity index (χ4v) is 2.04. The van der Waals surface area contributed by atoms with Gasteiger partial charge < -0.3 is 20.3 Å². The first kappa shape index (κ1) is 14.2. The number of nitrogens with zero attached hydrogens (tertiary/aromatic N) is 1. The van der Waals surface area contributed by atoms with Gasteiger partial charge in [-0.25, -0.2) is 0 Å². The van der Waals surface area contributed by atoms with E-state index < -0.39 is 0 Å². The predicted octanol–water partition coefficient (Wildman–Crippen LogP) is 0.699. The molecule has 6 nitrogen and oxygen atoms in total. The van der Waals surface area contributed by atoms with Crippen LogP contribution in [0.1, 0.15) is 16.8 Å². The van der Waals surface area contributed by atoms with E-state index in [4.69, 9.17) is 4.74 Å². The van der Waals surface area contributed by atoms with Gasteiger partial charge in [0.05, 0.1) is 11.3 Å². The van der Waals surface area contributed by atoms with Crippen molar-refractivity contribution in [1.29, 1.82) is 0 Å². The van der Waals surface area contributed by atoms with Crippen molar-refractivity contribution in [3.8, 4) is 5.75 Å². The Kier molecular flexibility index (Phi) is 4.45. The molecule has 1 aliphatic heterocycles. The van der Waals surface area contributed by atoms with E-state index in [1.54, 1.807) is 20.2 Å². The minimum absolute atomic E-state index is 0.0855. The lowest BCUT2D eigenvalue weighted by Crippen LogP contribution is -2.32.